The lowest BCUT2D eigenvalue weighted by atomic mass is 10.1. The monoisotopic (exact) mass is 428 g/mol. The molecule has 3 aromatic rings. The number of ether oxygens (including phenoxy) is 1. The number of hydrogen-bond donors (Lipinski definition) is 2. The summed E-state index contributed by atoms with van der Waals surface area (Å²) in [5, 5.41) is 7.26. The normalized spacial score (nSPS) is 12.5. The minimum Gasteiger partial charge on any atom is -0.473 e. The maximum atomic E-state index is 13.9. The van der Waals surface area contributed by atoms with Gasteiger partial charge in [-0.2, -0.15) is 9.61 Å². The number of nitrogens with zero attached hydrogens (tertiary/aromatic N) is 2. The van der Waals surface area contributed by atoms with Gasteiger partial charge >= 0.3 is 0 Å². The van der Waals surface area contributed by atoms with Gasteiger partial charge in [-0.25, -0.2) is 8.78 Å². The van der Waals surface area contributed by atoms with Gasteiger partial charge in [0.2, 0.25) is 5.88 Å². The van der Waals surface area contributed by atoms with Gasteiger partial charge in [-0.1, -0.05) is 18.2 Å². The van der Waals surface area contributed by atoms with Crippen LogP contribution in [0.4, 0.5) is 8.78 Å². The number of benzene rings is 1. The van der Waals surface area contributed by atoms with E-state index in [1.807, 2.05) is 32.1 Å². The standard InChI is InChI=1S/C23H26F2N4O2/c1-4-5-7-16(26)12-27-23(30)22-15(3)28-29-20(22)10-14(2)11-21(29)31-13-17-18(24)8-6-9-19(17)25/h4-6,8-11,16H,7,12-13,26H2,1-3H3,(H,27,30)/b5-4+. The van der Waals surface area contributed by atoms with Crippen molar-refractivity contribution < 1.29 is 18.3 Å². The number of hydrogen-bond acceptors (Lipinski definition) is 4. The first kappa shape index (κ1) is 22.4. The van der Waals surface area contributed by atoms with Crippen LogP contribution in [0.2, 0.25) is 0 Å². The van der Waals surface area contributed by atoms with Crippen LogP contribution in [0.15, 0.2) is 42.5 Å². The number of carbonyl (C=O) groups excluding carboxylic acids is 1. The molecule has 1 unspecified atom stereocenters. The second kappa shape index (κ2) is 9.70. The van der Waals surface area contributed by atoms with Crippen LogP contribution in [0.25, 0.3) is 5.52 Å². The molecular weight excluding hydrogens is 402 g/mol. The minimum atomic E-state index is -0.685. The van der Waals surface area contributed by atoms with Crippen LogP contribution in [-0.2, 0) is 6.61 Å². The number of nitrogens with two attached hydrogens (primary N) is 1. The highest BCUT2D eigenvalue weighted by Gasteiger charge is 2.20. The van der Waals surface area contributed by atoms with Crippen molar-refractivity contribution in [2.24, 2.45) is 5.73 Å². The fraction of sp³-hybridized carbons (Fsp3) is 0.304. The number of aryl methyl sites for hydroxylation is 2. The quantitative estimate of drug-likeness (QED) is 0.535. The number of aromatic nitrogens is 2. The highest BCUT2D eigenvalue weighted by atomic mass is 19.1. The number of fused-ring (bicyclic) bond motifs is 1. The van der Waals surface area contributed by atoms with Gasteiger partial charge in [0.05, 0.1) is 22.3 Å². The topological polar surface area (TPSA) is 81.6 Å². The molecule has 3 rings (SSSR count). The molecule has 2 heterocycles. The molecule has 0 radical (unpaired) electrons. The molecular formula is C23H26F2N4O2. The van der Waals surface area contributed by atoms with Crippen molar-refractivity contribution in [2.75, 3.05) is 6.54 Å². The van der Waals surface area contributed by atoms with Gasteiger partial charge < -0.3 is 15.8 Å². The van der Waals surface area contributed by atoms with E-state index in [0.717, 1.165) is 5.56 Å². The zero-order chi connectivity index (χ0) is 22.5. The van der Waals surface area contributed by atoms with E-state index >= 15 is 0 Å². The summed E-state index contributed by atoms with van der Waals surface area (Å²) in [6, 6.07) is 6.96. The average Bonchev–Trinajstić information content (AvgIpc) is 3.05. The van der Waals surface area contributed by atoms with Crippen LogP contribution in [-0.4, -0.2) is 28.1 Å². The summed E-state index contributed by atoms with van der Waals surface area (Å²) in [6.45, 7) is 5.49. The summed E-state index contributed by atoms with van der Waals surface area (Å²) in [7, 11) is 0. The molecule has 164 valence electrons. The number of carbonyl (C=O) groups is 1. The Morgan fingerprint density at radius 3 is 2.68 bits per heavy atom. The molecule has 0 bridgehead atoms. The van der Waals surface area contributed by atoms with Gasteiger partial charge in [0.15, 0.2) is 0 Å². The number of allylic oxidation sites excluding steroid dienone is 1. The van der Waals surface area contributed by atoms with Crippen LogP contribution >= 0.6 is 0 Å². The first-order chi connectivity index (χ1) is 14.8. The maximum Gasteiger partial charge on any atom is 0.255 e. The van der Waals surface area contributed by atoms with Crippen LogP contribution in [0.1, 0.15) is 40.5 Å². The summed E-state index contributed by atoms with van der Waals surface area (Å²) in [5.74, 6) is -1.38. The second-order valence-electron chi connectivity index (χ2n) is 7.39. The predicted molar refractivity (Wildman–Crippen MR) is 115 cm³/mol. The Hall–Kier alpha value is -3.26. The molecule has 3 N–H and O–H groups in total. The molecule has 0 spiro atoms. The van der Waals surface area contributed by atoms with Crippen LogP contribution in [0.5, 0.6) is 5.88 Å². The number of amides is 1. The van der Waals surface area contributed by atoms with E-state index in [4.69, 9.17) is 10.5 Å². The van der Waals surface area contributed by atoms with E-state index < -0.39 is 11.6 Å². The average molecular weight is 428 g/mol. The van der Waals surface area contributed by atoms with Crippen molar-refractivity contribution in [3.63, 3.8) is 0 Å². The van der Waals surface area contributed by atoms with Crippen molar-refractivity contribution in [1.82, 2.24) is 14.9 Å². The van der Waals surface area contributed by atoms with E-state index in [2.05, 4.69) is 10.4 Å². The smallest absolute Gasteiger partial charge is 0.255 e. The Kier molecular flexibility index (Phi) is 7.02. The minimum absolute atomic E-state index is 0.172. The molecule has 0 aliphatic carbocycles. The maximum absolute atomic E-state index is 13.9. The zero-order valence-corrected chi connectivity index (χ0v) is 17.8. The van der Waals surface area contributed by atoms with E-state index in [9.17, 15) is 13.6 Å². The van der Waals surface area contributed by atoms with Gasteiger partial charge in [0, 0.05) is 18.7 Å². The lowest BCUT2D eigenvalue weighted by Crippen LogP contribution is -2.37. The van der Waals surface area contributed by atoms with Crippen molar-refractivity contribution in [2.45, 2.75) is 39.8 Å². The Labute approximate surface area is 179 Å². The third-order valence-electron chi connectivity index (χ3n) is 4.87. The van der Waals surface area contributed by atoms with E-state index in [0.29, 0.717) is 29.7 Å². The van der Waals surface area contributed by atoms with E-state index in [-0.39, 0.29) is 30.0 Å². The molecule has 1 aromatic carbocycles. The molecule has 1 atom stereocenters. The lowest BCUT2D eigenvalue weighted by molar-refractivity contribution is 0.0952. The molecule has 6 nitrogen and oxygen atoms in total. The zero-order valence-electron chi connectivity index (χ0n) is 17.8. The lowest BCUT2D eigenvalue weighted by Gasteiger charge is -2.12. The largest absolute Gasteiger partial charge is 0.473 e. The number of pyridine rings is 1. The molecule has 0 fully saturated rings. The van der Waals surface area contributed by atoms with Gasteiger partial charge in [0.25, 0.3) is 5.91 Å². The van der Waals surface area contributed by atoms with Crippen molar-refractivity contribution in [3.8, 4) is 5.88 Å². The summed E-state index contributed by atoms with van der Waals surface area (Å²) in [4.78, 5) is 12.8. The second-order valence-corrected chi connectivity index (χ2v) is 7.39. The molecule has 1 amide bonds. The Morgan fingerprint density at radius 2 is 2.00 bits per heavy atom. The molecule has 0 saturated heterocycles. The van der Waals surface area contributed by atoms with Gasteiger partial charge in [0.1, 0.15) is 18.2 Å². The molecule has 0 aliphatic heterocycles. The van der Waals surface area contributed by atoms with Gasteiger partial charge in [-0.05, 0) is 51.0 Å². The molecule has 0 saturated carbocycles. The first-order valence-corrected chi connectivity index (χ1v) is 10.0. The van der Waals surface area contributed by atoms with Crippen molar-refractivity contribution in [1.29, 1.82) is 0 Å². The summed E-state index contributed by atoms with van der Waals surface area (Å²) in [5.41, 5.74) is 8.11. The third-order valence-corrected chi connectivity index (χ3v) is 4.87. The predicted octanol–water partition coefficient (Wildman–Crippen LogP) is 3.83. The fourth-order valence-corrected chi connectivity index (χ4v) is 3.27. The Morgan fingerprint density at radius 1 is 1.29 bits per heavy atom. The van der Waals surface area contributed by atoms with Gasteiger partial charge in [-0.15, -0.1) is 0 Å². The summed E-state index contributed by atoms with van der Waals surface area (Å²) < 4.78 is 35.0. The SMILES string of the molecule is C/C=C/CC(N)CNC(=O)c1c(C)nn2c(OCc3c(F)cccc3F)cc(C)cc12. The Balaban J connectivity index is 1.86. The molecule has 0 aliphatic rings. The highest BCUT2D eigenvalue weighted by Crippen LogP contribution is 2.24. The van der Waals surface area contributed by atoms with Crippen molar-refractivity contribution >= 4 is 11.4 Å². The Bertz CT molecular complexity index is 1100. The van der Waals surface area contributed by atoms with Crippen LogP contribution < -0.4 is 15.8 Å². The van der Waals surface area contributed by atoms with Crippen molar-refractivity contribution in [3.05, 3.63) is 76.5 Å². The number of halogens is 2. The fourth-order valence-electron chi connectivity index (χ4n) is 3.27. The summed E-state index contributed by atoms with van der Waals surface area (Å²) >= 11 is 0. The van der Waals surface area contributed by atoms with Crippen LogP contribution in [0.3, 0.4) is 0 Å². The number of nitrogens with one attached hydrogen (secondary N) is 1. The third kappa shape index (κ3) is 5.08. The van der Waals surface area contributed by atoms with Gasteiger partial charge in [-0.3, -0.25) is 4.79 Å². The molecule has 8 heteroatoms. The molecule has 2 aromatic heterocycles. The summed E-state index contributed by atoms with van der Waals surface area (Å²) in [6.07, 6.45) is 4.52. The first-order valence-electron chi connectivity index (χ1n) is 10.0. The van der Waals surface area contributed by atoms with Crippen LogP contribution in [0, 0.1) is 25.5 Å². The highest BCUT2D eigenvalue weighted by molar-refractivity contribution is 6.02. The van der Waals surface area contributed by atoms with E-state index in [1.165, 1.54) is 22.7 Å². The van der Waals surface area contributed by atoms with E-state index in [1.54, 1.807) is 13.0 Å². The molecule has 31 heavy (non-hydrogen) atoms. The number of rotatable bonds is 8.